The van der Waals surface area contributed by atoms with Gasteiger partial charge in [-0.1, -0.05) is 87.9 Å². The average molecular weight is 258 g/mol. The summed E-state index contributed by atoms with van der Waals surface area (Å²) >= 11 is 0. The predicted octanol–water partition coefficient (Wildman–Crippen LogP) is 4.54. The van der Waals surface area contributed by atoms with Crippen molar-refractivity contribution in [3.8, 4) is 0 Å². The van der Waals surface area contributed by atoms with Gasteiger partial charge >= 0.3 is 0 Å². The molecule has 0 nitrogen and oxygen atoms in total. The number of rotatable bonds is 5. The molecule has 2 aliphatic carbocycles. The molecule has 1 fully saturated rings. The Bertz CT molecular complexity index is 286. The van der Waals surface area contributed by atoms with E-state index < -0.39 is 0 Å². The summed E-state index contributed by atoms with van der Waals surface area (Å²) in [6.07, 6.45) is 17.7. The fraction of sp³-hybridized carbons (Fsp3) is 0.882. The Morgan fingerprint density at radius 3 is 2.26 bits per heavy atom. The van der Waals surface area contributed by atoms with Crippen LogP contribution in [0.15, 0.2) is 12.2 Å². The molecule has 2 aliphatic rings. The van der Waals surface area contributed by atoms with Crippen molar-refractivity contribution in [1.29, 1.82) is 0 Å². The molecule has 0 bridgehead atoms. The first-order valence-electron chi connectivity index (χ1n) is 8.85. The lowest BCUT2D eigenvalue weighted by molar-refractivity contribution is 0.247. The van der Waals surface area contributed by atoms with Crippen LogP contribution in [0, 0.1) is 5.92 Å². The molecule has 0 N–H and O–H groups in total. The van der Waals surface area contributed by atoms with Crippen LogP contribution in [0.1, 0.15) is 71.6 Å². The summed E-state index contributed by atoms with van der Waals surface area (Å²) in [5.74, 6) is 2.98. The standard InChI is InChI=1S/C17H32B2/c1-3-17(4-2,14-10-12-15(18)13-11-14)19-16-8-6-5-7-9-16/h5-6,14-16,19H,3-4,7-13,18H2,1-2H3. The van der Waals surface area contributed by atoms with Gasteiger partial charge in [0.1, 0.15) is 15.1 Å². The molecule has 0 radical (unpaired) electrons. The van der Waals surface area contributed by atoms with Gasteiger partial charge in [-0.05, 0) is 18.8 Å². The van der Waals surface area contributed by atoms with E-state index in [1.807, 2.05) is 0 Å². The van der Waals surface area contributed by atoms with Crippen LogP contribution in [-0.2, 0) is 0 Å². The van der Waals surface area contributed by atoms with Crippen molar-refractivity contribution in [1.82, 2.24) is 0 Å². The molecule has 0 aromatic heterocycles. The summed E-state index contributed by atoms with van der Waals surface area (Å²) < 4.78 is 0. The zero-order valence-corrected chi connectivity index (χ0v) is 13.5. The molecule has 0 spiro atoms. The second kappa shape index (κ2) is 7.04. The molecule has 0 saturated heterocycles. The lowest BCUT2D eigenvalue weighted by Gasteiger charge is -2.45. The third-order valence-corrected chi connectivity index (χ3v) is 6.36. The Morgan fingerprint density at radius 1 is 1.05 bits per heavy atom. The number of hydrogen-bond donors (Lipinski definition) is 0. The summed E-state index contributed by atoms with van der Waals surface area (Å²) in [5.41, 5.74) is 0. The first-order chi connectivity index (χ1) is 9.20. The van der Waals surface area contributed by atoms with Gasteiger partial charge < -0.3 is 0 Å². The molecule has 0 heterocycles. The maximum Gasteiger partial charge on any atom is 0.132 e. The Hall–Kier alpha value is -0.130. The number of allylic oxidation sites excluding steroid dienone is 2. The molecule has 106 valence electrons. The quantitative estimate of drug-likeness (QED) is 0.501. The SMILES string of the molecule is BC1CCC(C(BC2CC=CCC2)(CC)CC)CC1. The van der Waals surface area contributed by atoms with Crippen LogP contribution in [0.5, 0.6) is 0 Å². The highest BCUT2D eigenvalue weighted by molar-refractivity contribution is 6.42. The zero-order chi connectivity index (χ0) is 13.7. The topological polar surface area (TPSA) is 0 Å². The lowest BCUT2D eigenvalue weighted by atomic mass is 9.37. The fourth-order valence-electron chi connectivity index (χ4n) is 4.77. The summed E-state index contributed by atoms with van der Waals surface area (Å²) in [7, 11) is 3.95. The molecule has 1 atom stereocenters. The molecule has 1 unspecified atom stereocenters. The Balaban J connectivity index is 2.01. The van der Waals surface area contributed by atoms with Gasteiger partial charge in [0.05, 0.1) is 0 Å². The third-order valence-electron chi connectivity index (χ3n) is 6.36. The average Bonchev–Trinajstić information content (AvgIpc) is 2.47. The summed E-state index contributed by atoms with van der Waals surface area (Å²) in [6.45, 7) is 4.92. The molecular weight excluding hydrogens is 226 g/mol. The van der Waals surface area contributed by atoms with E-state index >= 15 is 0 Å². The van der Waals surface area contributed by atoms with Crippen LogP contribution >= 0.6 is 0 Å². The van der Waals surface area contributed by atoms with E-state index in [0.717, 1.165) is 17.6 Å². The molecule has 0 aliphatic heterocycles. The molecule has 1 saturated carbocycles. The maximum absolute atomic E-state index is 2.46. The highest BCUT2D eigenvalue weighted by Crippen LogP contribution is 2.52. The number of hydrogen-bond acceptors (Lipinski definition) is 0. The normalized spacial score (nSPS) is 32.2. The highest BCUT2D eigenvalue weighted by Gasteiger charge is 2.39. The van der Waals surface area contributed by atoms with Crippen molar-refractivity contribution >= 4 is 15.1 Å². The van der Waals surface area contributed by atoms with E-state index in [1.54, 1.807) is 0 Å². The van der Waals surface area contributed by atoms with E-state index in [-0.39, 0.29) is 0 Å². The summed E-state index contributed by atoms with van der Waals surface area (Å²) in [5, 5.41) is 0.663. The minimum absolute atomic E-state index is 0.663. The van der Waals surface area contributed by atoms with Crippen molar-refractivity contribution in [3.63, 3.8) is 0 Å². The van der Waals surface area contributed by atoms with Crippen molar-refractivity contribution in [2.45, 2.75) is 88.6 Å². The summed E-state index contributed by atoms with van der Waals surface area (Å²) in [6, 6.07) is 0. The van der Waals surface area contributed by atoms with Crippen LogP contribution in [0.3, 0.4) is 0 Å². The van der Waals surface area contributed by atoms with E-state index in [4.69, 9.17) is 0 Å². The smallest absolute Gasteiger partial charge is 0.0890 e. The molecular formula is C17H32B2. The molecule has 0 aromatic carbocycles. The third kappa shape index (κ3) is 3.70. The van der Waals surface area contributed by atoms with Gasteiger partial charge in [0.2, 0.25) is 0 Å². The first kappa shape index (κ1) is 15.3. The molecule has 19 heavy (non-hydrogen) atoms. The van der Waals surface area contributed by atoms with Crippen LogP contribution in [0.4, 0.5) is 0 Å². The van der Waals surface area contributed by atoms with Gasteiger partial charge in [-0.2, -0.15) is 0 Å². The van der Waals surface area contributed by atoms with E-state index in [1.165, 1.54) is 65.1 Å². The second-order valence-electron chi connectivity index (χ2n) is 7.38. The zero-order valence-electron chi connectivity index (χ0n) is 13.5. The van der Waals surface area contributed by atoms with E-state index in [0.29, 0.717) is 5.31 Å². The largest absolute Gasteiger partial charge is 0.132 e. The molecule has 0 amide bonds. The second-order valence-corrected chi connectivity index (χ2v) is 7.38. The van der Waals surface area contributed by atoms with Gasteiger partial charge in [-0.3, -0.25) is 0 Å². The molecule has 2 heteroatoms. The lowest BCUT2D eigenvalue weighted by Crippen LogP contribution is -2.33. The van der Waals surface area contributed by atoms with Gasteiger partial charge in [0, 0.05) is 0 Å². The fourth-order valence-corrected chi connectivity index (χ4v) is 4.77. The minimum atomic E-state index is 0.663. The van der Waals surface area contributed by atoms with Gasteiger partial charge in [-0.25, -0.2) is 0 Å². The van der Waals surface area contributed by atoms with Gasteiger partial charge in [-0.15, -0.1) is 0 Å². The first-order valence-corrected chi connectivity index (χ1v) is 8.85. The van der Waals surface area contributed by atoms with Gasteiger partial charge in [0.25, 0.3) is 0 Å². The van der Waals surface area contributed by atoms with E-state index in [9.17, 15) is 0 Å². The van der Waals surface area contributed by atoms with Crippen LogP contribution < -0.4 is 0 Å². The Morgan fingerprint density at radius 2 is 1.74 bits per heavy atom. The van der Waals surface area contributed by atoms with Crippen molar-refractivity contribution in [2.24, 2.45) is 5.92 Å². The van der Waals surface area contributed by atoms with Crippen molar-refractivity contribution < 1.29 is 0 Å². The minimum Gasteiger partial charge on any atom is -0.0890 e. The van der Waals surface area contributed by atoms with Crippen LogP contribution in [0.2, 0.25) is 16.9 Å². The predicted molar refractivity (Wildman–Crippen MR) is 91.4 cm³/mol. The maximum atomic E-state index is 2.46. The van der Waals surface area contributed by atoms with Gasteiger partial charge in [0.15, 0.2) is 0 Å². The Kier molecular flexibility index (Phi) is 5.66. The van der Waals surface area contributed by atoms with Crippen molar-refractivity contribution in [2.75, 3.05) is 0 Å². The van der Waals surface area contributed by atoms with Crippen molar-refractivity contribution in [3.05, 3.63) is 12.2 Å². The molecule has 0 aromatic rings. The van der Waals surface area contributed by atoms with E-state index in [2.05, 4.69) is 33.8 Å². The monoisotopic (exact) mass is 258 g/mol. The Labute approximate surface area is 122 Å². The van der Waals surface area contributed by atoms with Crippen LogP contribution in [0.25, 0.3) is 0 Å². The summed E-state index contributed by atoms with van der Waals surface area (Å²) in [4.78, 5) is 0. The molecule has 2 rings (SSSR count). The highest BCUT2D eigenvalue weighted by atomic mass is 14.4. The van der Waals surface area contributed by atoms with Crippen LogP contribution in [-0.4, -0.2) is 15.1 Å².